The number of rotatable bonds is 12. The lowest BCUT2D eigenvalue weighted by Crippen LogP contribution is -2.54. The van der Waals surface area contributed by atoms with E-state index in [4.69, 9.17) is 4.74 Å². The average Bonchev–Trinajstić information content (AvgIpc) is 3.61. The van der Waals surface area contributed by atoms with Gasteiger partial charge in [0.05, 0.1) is 11.6 Å². The Morgan fingerprint density at radius 3 is 2.32 bits per heavy atom. The van der Waals surface area contributed by atoms with Crippen LogP contribution in [-0.4, -0.2) is 72.4 Å². The Morgan fingerprint density at radius 1 is 1.07 bits per heavy atom. The third-order valence-electron chi connectivity index (χ3n) is 7.02. The first kappa shape index (κ1) is 34.7. The molecule has 44 heavy (non-hydrogen) atoms. The molecule has 0 aromatic carbocycles. The lowest BCUT2D eigenvalue weighted by molar-refractivity contribution is -0.146. The van der Waals surface area contributed by atoms with Gasteiger partial charge in [-0.05, 0) is 44.1 Å². The van der Waals surface area contributed by atoms with E-state index in [1.807, 2.05) is 0 Å². The number of carbonyl (C=O) groups excluding carboxylic acids is 5. The van der Waals surface area contributed by atoms with Gasteiger partial charge in [-0.3, -0.25) is 24.2 Å². The molecular formula is C27H32F6N4O7. The summed E-state index contributed by atoms with van der Waals surface area (Å²) in [6.45, 7) is 2.84. The number of Topliss-reactive ketones (excluding diaryl/α,β-unsaturated/α-hetero) is 1. The van der Waals surface area contributed by atoms with Crippen molar-refractivity contribution in [3.63, 3.8) is 0 Å². The molecular weight excluding hydrogens is 606 g/mol. The van der Waals surface area contributed by atoms with Crippen LogP contribution in [0.15, 0.2) is 12.3 Å². The summed E-state index contributed by atoms with van der Waals surface area (Å²) in [4.78, 5) is 66.7. The highest BCUT2D eigenvalue weighted by atomic mass is 19.4. The van der Waals surface area contributed by atoms with Gasteiger partial charge in [-0.1, -0.05) is 13.8 Å². The van der Waals surface area contributed by atoms with E-state index in [0.29, 0.717) is 19.4 Å². The molecule has 0 unspecified atom stereocenters. The summed E-state index contributed by atoms with van der Waals surface area (Å²) >= 11 is 0. The van der Waals surface area contributed by atoms with Gasteiger partial charge in [0.2, 0.25) is 17.7 Å². The van der Waals surface area contributed by atoms with E-state index >= 15 is 0 Å². The maximum Gasteiger partial charge on any atom is 0.434 e. The lowest BCUT2D eigenvalue weighted by atomic mass is 9.95. The van der Waals surface area contributed by atoms with Crippen molar-refractivity contribution in [1.29, 1.82) is 0 Å². The number of carbonyl (C=O) groups is 5. The van der Waals surface area contributed by atoms with E-state index in [1.165, 1.54) is 0 Å². The molecule has 0 aliphatic carbocycles. The summed E-state index contributed by atoms with van der Waals surface area (Å²) in [5.74, 6) is -5.94. The zero-order chi connectivity index (χ0) is 32.8. The average molecular weight is 639 g/mol. The Morgan fingerprint density at radius 2 is 1.77 bits per heavy atom. The SMILES string of the molecule is CC(C)C[C@H](NC(=O)[C@H]1CCCO1)C(=O)N[C@@H](C[C@@H]1CCNC1=O)C(=O)COC(=O)c1c(C(F)(F)F)ccnc1C(F)(F)F. The first-order valence-electron chi connectivity index (χ1n) is 13.8. The fourth-order valence-corrected chi connectivity index (χ4v) is 4.88. The van der Waals surface area contributed by atoms with Crippen molar-refractivity contribution in [2.24, 2.45) is 11.8 Å². The minimum atomic E-state index is -5.47. The number of ether oxygens (including phenoxy) is 2. The Bertz CT molecular complexity index is 1220. The highest BCUT2D eigenvalue weighted by molar-refractivity contribution is 5.97. The molecule has 0 saturated carbocycles. The highest BCUT2D eigenvalue weighted by Gasteiger charge is 2.45. The lowest BCUT2D eigenvalue weighted by Gasteiger charge is -2.26. The molecule has 0 spiro atoms. The molecule has 3 N–H and O–H groups in total. The van der Waals surface area contributed by atoms with E-state index in [0.717, 1.165) is 0 Å². The predicted molar refractivity (Wildman–Crippen MR) is 138 cm³/mol. The number of hydrogen-bond donors (Lipinski definition) is 3. The van der Waals surface area contributed by atoms with E-state index in [2.05, 4.69) is 25.7 Å². The second kappa shape index (κ2) is 14.3. The van der Waals surface area contributed by atoms with Crippen molar-refractivity contribution in [2.75, 3.05) is 19.8 Å². The van der Waals surface area contributed by atoms with Gasteiger partial charge in [0.15, 0.2) is 18.1 Å². The van der Waals surface area contributed by atoms with Crippen LogP contribution in [-0.2, 0) is 41.0 Å². The number of nitrogens with zero attached hydrogens (tertiary/aromatic N) is 1. The van der Waals surface area contributed by atoms with Gasteiger partial charge in [0.25, 0.3) is 0 Å². The Hall–Kier alpha value is -3.76. The molecule has 0 radical (unpaired) electrons. The number of hydrogen-bond acceptors (Lipinski definition) is 8. The number of aromatic nitrogens is 1. The summed E-state index contributed by atoms with van der Waals surface area (Å²) in [7, 11) is 0. The molecule has 2 aliphatic heterocycles. The summed E-state index contributed by atoms with van der Waals surface area (Å²) in [6.07, 6.45) is -10.2. The Kier molecular flexibility index (Phi) is 11.3. The topological polar surface area (TPSA) is 153 Å². The fourth-order valence-electron chi connectivity index (χ4n) is 4.88. The largest absolute Gasteiger partial charge is 0.454 e. The smallest absolute Gasteiger partial charge is 0.434 e. The molecule has 0 bridgehead atoms. The number of ketones is 1. The number of pyridine rings is 1. The van der Waals surface area contributed by atoms with Crippen molar-refractivity contribution in [1.82, 2.24) is 20.9 Å². The van der Waals surface area contributed by atoms with Gasteiger partial charge in [0.1, 0.15) is 17.7 Å². The minimum Gasteiger partial charge on any atom is -0.454 e. The number of amides is 3. The highest BCUT2D eigenvalue weighted by Crippen LogP contribution is 2.38. The molecule has 3 amide bonds. The molecule has 17 heteroatoms. The molecule has 2 saturated heterocycles. The Balaban J connectivity index is 1.81. The van der Waals surface area contributed by atoms with E-state index in [9.17, 15) is 50.3 Å². The summed E-state index contributed by atoms with van der Waals surface area (Å²) in [5, 5.41) is 7.54. The fraction of sp³-hybridized carbons (Fsp3) is 0.630. The quantitative estimate of drug-likeness (QED) is 0.233. The van der Waals surface area contributed by atoms with Gasteiger partial charge >= 0.3 is 18.3 Å². The van der Waals surface area contributed by atoms with Crippen LogP contribution < -0.4 is 16.0 Å². The zero-order valence-electron chi connectivity index (χ0n) is 23.8. The molecule has 2 aliphatic rings. The van der Waals surface area contributed by atoms with Crippen molar-refractivity contribution in [3.05, 3.63) is 29.1 Å². The summed E-state index contributed by atoms with van der Waals surface area (Å²) in [6, 6.07) is -2.53. The van der Waals surface area contributed by atoms with Gasteiger partial charge in [-0.15, -0.1) is 0 Å². The van der Waals surface area contributed by atoms with Crippen LogP contribution in [0.25, 0.3) is 0 Å². The maximum absolute atomic E-state index is 13.5. The number of halogens is 6. The van der Waals surface area contributed by atoms with Crippen LogP contribution in [0.4, 0.5) is 26.3 Å². The van der Waals surface area contributed by atoms with Crippen LogP contribution >= 0.6 is 0 Å². The van der Waals surface area contributed by atoms with Crippen LogP contribution in [0.3, 0.4) is 0 Å². The van der Waals surface area contributed by atoms with E-state index < -0.39 is 89.4 Å². The first-order chi connectivity index (χ1) is 20.5. The molecule has 3 heterocycles. The van der Waals surface area contributed by atoms with Gasteiger partial charge < -0.3 is 25.4 Å². The van der Waals surface area contributed by atoms with Gasteiger partial charge in [-0.2, -0.15) is 26.3 Å². The first-order valence-corrected chi connectivity index (χ1v) is 13.8. The third-order valence-corrected chi connectivity index (χ3v) is 7.02. The molecule has 244 valence electrons. The molecule has 1 aromatic heterocycles. The standard InChI is InChI=1S/C27H32F6N4O7/c1-13(2)10-17(37-24(41)19-4-3-9-43-19)23(40)36-16(11-14-5-7-35-22(14)39)18(38)12-44-25(42)20-15(26(28,29)30)6-8-34-21(20)27(31,32)33/h6,8,13-14,16-17,19H,3-5,7,9-12H2,1-2H3,(H,35,39)(H,36,40)(H,37,41)/t14-,16-,17-,19+/m0/s1. The van der Waals surface area contributed by atoms with Crippen LogP contribution in [0.5, 0.6) is 0 Å². The number of esters is 1. The van der Waals surface area contributed by atoms with Crippen LogP contribution in [0.2, 0.25) is 0 Å². The zero-order valence-corrected chi connectivity index (χ0v) is 23.8. The van der Waals surface area contributed by atoms with Gasteiger partial charge in [0, 0.05) is 25.3 Å². The maximum atomic E-state index is 13.5. The van der Waals surface area contributed by atoms with Crippen molar-refractivity contribution in [3.8, 4) is 0 Å². The van der Waals surface area contributed by atoms with Crippen LogP contribution in [0.1, 0.15) is 67.6 Å². The Labute approximate surface area is 247 Å². The molecule has 1 aromatic rings. The second-order valence-electron chi connectivity index (χ2n) is 10.9. The second-order valence-corrected chi connectivity index (χ2v) is 10.9. The molecule has 4 atom stereocenters. The normalized spacial score (nSPS) is 20.2. The third kappa shape index (κ3) is 9.12. The molecule has 2 fully saturated rings. The molecule has 11 nitrogen and oxygen atoms in total. The monoisotopic (exact) mass is 638 g/mol. The summed E-state index contributed by atoms with van der Waals surface area (Å²) in [5.41, 5.74) is -6.05. The molecule has 3 rings (SSSR count). The van der Waals surface area contributed by atoms with Crippen LogP contribution in [0, 0.1) is 11.8 Å². The minimum absolute atomic E-state index is 0.114. The number of nitrogens with one attached hydrogen (secondary N) is 3. The van der Waals surface area contributed by atoms with Crippen molar-refractivity contribution in [2.45, 2.75) is 76.5 Å². The summed E-state index contributed by atoms with van der Waals surface area (Å²) < 4.78 is 90.7. The predicted octanol–water partition coefficient (Wildman–Crippen LogP) is 2.57. The van der Waals surface area contributed by atoms with Crippen molar-refractivity contribution < 1.29 is 59.8 Å². The van der Waals surface area contributed by atoms with Crippen molar-refractivity contribution >= 4 is 29.5 Å². The number of alkyl halides is 6. The van der Waals surface area contributed by atoms with E-state index in [-0.39, 0.29) is 44.0 Å². The van der Waals surface area contributed by atoms with Gasteiger partial charge in [-0.25, -0.2) is 4.79 Å². The van der Waals surface area contributed by atoms with E-state index in [1.54, 1.807) is 13.8 Å².